The molecule has 5 heteroatoms. The van der Waals surface area contributed by atoms with Crippen LogP contribution in [0.4, 0.5) is 0 Å². The highest BCUT2D eigenvalue weighted by Gasteiger charge is 1.99. The first-order valence-electron chi connectivity index (χ1n) is 6.04. The summed E-state index contributed by atoms with van der Waals surface area (Å²) >= 11 is 0. The second-order valence-corrected chi connectivity index (χ2v) is 3.20. The van der Waals surface area contributed by atoms with Crippen molar-refractivity contribution in [1.29, 1.82) is 0 Å². The van der Waals surface area contributed by atoms with Crippen molar-refractivity contribution in [2.75, 3.05) is 54.5 Å². The predicted octanol–water partition coefficient (Wildman–Crippen LogP) is -0.494. The maximum Gasteiger partial charge on any atom is 0.169 e. The lowest BCUT2D eigenvalue weighted by atomic mass is 10.6. The molecule has 0 aromatic heterocycles. The van der Waals surface area contributed by atoms with Crippen molar-refractivity contribution < 1.29 is 9.47 Å². The van der Waals surface area contributed by atoms with E-state index in [2.05, 4.69) is 33.7 Å². The third kappa shape index (κ3) is 30.0. The minimum Gasteiger partial charge on any atom is -0.355 e. The molecule has 0 aliphatic carbocycles. The predicted molar refractivity (Wildman–Crippen MR) is 85.0 cm³/mol. The first-order valence-corrected chi connectivity index (χ1v) is 6.04. The van der Waals surface area contributed by atoms with Gasteiger partial charge in [-0.3, -0.25) is 5.32 Å². The monoisotopic (exact) mass is 281 g/mol. The van der Waals surface area contributed by atoms with Crippen molar-refractivity contribution in [2.45, 2.75) is 6.29 Å². The van der Waals surface area contributed by atoms with Gasteiger partial charge in [0.25, 0.3) is 0 Å². The number of hydrogen-bond donors (Lipinski definition) is 3. The highest BCUT2D eigenvalue weighted by Crippen LogP contribution is 1.85. The third-order valence-electron chi connectivity index (χ3n) is 1.63. The molecular weight excluding hydrogens is 254 g/mol. The molecule has 20 heavy (non-hydrogen) atoms. The fourth-order valence-corrected chi connectivity index (χ4v) is 0.738. The lowest BCUT2D eigenvalue weighted by Gasteiger charge is -2.11. The molecule has 0 aliphatic heterocycles. The summed E-state index contributed by atoms with van der Waals surface area (Å²) in [6.45, 7) is 2.52. The van der Waals surface area contributed by atoms with Crippen LogP contribution in [-0.4, -0.2) is 60.8 Å². The van der Waals surface area contributed by atoms with Crippen LogP contribution < -0.4 is 16.0 Å². The van der Waals surface area contributed by atoms with Gasteiger partial charge in [-0.15, -0.1) is 19.3 Å². The van der Waals surface area contributed by atoms with Gasteiger partial charge in [0.15, 0.2) is 6.29 Å². The van der Waals surface area contributed by atoms with E-state index in [1.165, 1.54) is 0 Å². The normalized spacial score (nSPS) is 8.10. The molecule has 0 rings (SSSR count). The number of methoxy groups -OCH3 is 2. The van der Waals surface area contributed by atoms with Gasteiger partial charge in [0.2, 0.25) is 0 Å². The molecule has 0 heterocycles. The number of terminal acetylenes is 3. The van der Waals surface area contributed by atoms with Crippen LogP contribution in [-0.2, 0) is 9.47 Å². The summed E-state index contributed by atoms with van der Waals surface area (Å²) < 4.78 is 9.71. The van der Waals surface area contributed by atoms with E-state index in [1.807, 2.05) is 14.1 Å². The van der Waals surface area contributed by atoms with Gasteiger partial charge in [-0.25, -0.2) is 0 Å². The van der Waals surface area contributed by atoms with Crippen LogP contribution in [0.5, 0.6) is 0 Å². The minimum atomic E-state index is -0.111. The Kier molecular flexibility index (Phi) is 30.8. The standard InChI is InChI=1S/C6H7N.C5H13NO2.C4H7N/c1-3-5-7-6-4-2;1-6-4-5(7-2)8-3;1-3-4-5-2/h1-2,7H,5-6H2;5-6H,4H2,1-3H3;1,5H,4H2,2H3. The van der Waals surface area contributed by atoms with Crippen LogP contribution in [0.3, 0.4) is 0 Å². The summed E-state index contributed by atoms with van der Waals surface area (Å²) in [6, 6.07) is 0. The quantitative estimate of drug-likeness (QED) is 0.334. The summed E-state index contributed by atoms with van der Waals surface area (Å²) in [5.74, 6) is 7.20. The van der Waals surface area contributed by atoms with Gasteiger partial charge in [-0.2, -0.15) is 0 Å². The molecule has 0 aromatic carbocycles. The van der Waals surface area contributed by atoms with Gasteiger partial charge in [-0.1, -0.05) is 17.8 Å². The average Bonchev–Trinajstić information content (AvgIpc) is 2.47. The Balaban J connectivity index is -0.000000223. The molecular formula is C15H27N3O2. The molecule has 3 N–H and O–H groups in total. The molecule has 0 spiro atoms. The van der Waals surface area contributed by atoms with Crippen LogP contribution in [0.2, 0.25) is 0 Å². The maximum absolute atomic E-state index is 4.89. The fraction of sp³-hybridized carbons (Fsp3) is 0.600. The van der Waals surface area contributed by atoms with E-state index in [0.29, 0.717) is 19.6 Å². The maximum atomic E-state index is 4.89. The Labute approximate surface area is 124 Å². The van der Waals surface area contributed by atoms with Crippen LogP contribution in [0.25, 0.3) is 0 Å². The summed E-state index contributed by atoms with van der Waals surface area (Å²) in [6.07, 6.45) is 14.5. The second-order valence-electron chi connectivity index (χ2n) is 3.20. The smallest absolute Gasteiger partial charge is 0.169 e. The first kappa shape index (κ1) is 23.6. The molecule has 0 fully saturated rings. The zero-order valence-electron chi connectivity index (χ0n) is 13.0. The average molecular weight is 281 g/mol. The van der Waals surface area contributed by atoms with Crippen LogP contribution in [0, 0.1) is 37.0 Å². The molecule has 0 radical (unpaired) electrons. The summed E-state index contributed by atoms with van der Waals surface area (Å²) in [5.41, 5.74) is 0. The van der Waals surface area contributed by atoms with Gasteiger partial charge in [0.1, 0.15) is 0 Å². The van der Waals surface area contributed by atoms with E-state index >= 15 is 0 Å². The molecule has 0 aliphatic rings. The van der Waals surface area contributed by atoms with Crippen molar-refractivity contribution in [2.24, 2.45) is 0 Å². The van der Waals surface area contributed by atoms with E-state index < -0.39 is 0 Å². The molecule has 0 bridgehead atoms. The topological polar surface area (TPSA) is 54.5 Å². The molecule has 0 aromatic rings. The van der Waals surface area contributed by atoms with E-state index in [-0.39, 0.29) is 6.29 Å². The first-order chi connectivity index (χ1) is 9.67. The summed E-state index contributed by atoms with van der Waals surface area (Å²) in [7, 11) is 6.90. The molecule has 0 amide bonds. The summed E-state index contributed by atoms with van der Waals surface area (Å²) in [4.78, 5) is 0. The Bertz CT molecular complexity index is 269. The van der Waals surface area contributed by atoms with Crippen molar-refractivity contribution in [3.8, 4) is 37.0 Å². The zero-order chi connectivity index (χ0) is 16.1. The van der Waals surface area contributed by atoms with Crippen LogP contribution >= 0.6 is 0 Å². The number of hydrogen-bond acceptors (Lipinski definition) is 5. The molecule has 0 saturated carbocycles. The Hall–Kier alpha value is -1.52. The van der Waals surface area contributed by atoms with Crippen molar-refractivity contribution in [3.63, 3.8) is 0 Å². The lowest BCUT2D eigenvalue weighted by Crippen LogP contribution is -2.26. The minimum absolute atomic E-state index is 0.111. The second kappa shape index (κ2) is 26.1. The van der Waals surface area contributed by atoms with Crippen molar-refractivity contribution in [1.82, 2.24) is 16.0 Å². The van der Waals surface area contributed by atoms with Crippen molar-refractivity contribution in [3.05, 3.63) is 0 Å². The lowest BCUT2D eigenvalue weighted by molar-refractivity contribution is -0.0978. The number of ether oxygens (including phenoxy) is 2. The Morgan fingerprint density at radius 1 is 0.850 bits per heavy atom. The Morgan fingerprint density at radius 3 is 1.45 bits per heavy atom. The van der Waals surface area contributed by atoms with Crippen molar-refractivity contribution >= 4 is 0 Å². The number of rotatable bonds is 7. The molecule has 0 saturated heterocycles. The van der Waals surface area contributed by atoms with Crippen LogP contribution in [0.1, 0.15) is 0 Å². The molecule has 0 atom stereocenters. The molecule has 114 valence electrons. The molecule has 5 nitrogen and oxygen atoms in total. The van der Waals surface area contributed by atoms with Crippen LogP contribution in [0.15, 0.2) is 0 Å². The SMILES string of the molecule is C#CCNC.C#CCNCC#C.CNCC(OC)OC. The third-order valence-corrected chi connectivity index (χ3v) is 1.63. The van der Waals surface area contributed by atoms with Gasteiger partial charge >= 0.3 is 0 Å². The van der Waals surface area contributed by atoms with E-state index in [0.717, 1.165) is 6.54 Å². The van der Waals surface area contributed by atoms with Gasteiger partial charge < -0.3 is 20.1 Å². The largest absolute Gasteiger partial charge is 0.355 e. The fourth-order valence-electron chi connectivity index (χ4n) is 0.738. The number of likely N-dealkylation sites (N-methyl/N-ethyl adjacent to an activating group) is 1. The van der Waals surface area contributed by atoms with Gasteiger partial charge in [0, 0.05) is 20.8 Å². The highest BCUT2D eigenvalue weighted by atomic mass is 16.7. The van der Waals surface area contributed by atoms with Gasteiger partial charge in [0.05, 0.1) is 19.6 Å². The molecule has 0 unspecified atom stereocenters. The van der Waals surface area contributed by atoms with E-state index in [9.17, 15) is 0 Å². The zero-order valence-corrected chi connectivity index (χ0v) is 13.0. The number of nitrogens with one attached hydrogen (secondary N) is 3. The Morgan fingerprint density at radius 2 is 1.30 bits per heavy atom. The van der Waals surface area contributed by atoms with E-state index in [1.54, 1.807) is 14.2 Å². The highest BCUT2D eigenvalue weighted by molar-refractivity contribution is 4.92. The summed E-state index contributed by atoms with van der Waals surface area (Å²) in [5, 5.41) is 8.51. The van der Waals surface area contributed by atoms with E-state index in [4.69, 9.17) is 28.7 Å². The van der Waals surface area contributed by atoms with Gasteiger partial charge in [-0.05, 0) is 14.1 Å².